The lowest BCUT2D eigenvalue weighted by molar-refractivity contribution is 0.102. The van der Waals surface area contributed by atoms with E-state index in [1.54, 1.807) is 18.2 Å². The highest BCUT2D eigenvalue weighted by Crippen LogP contribution is 2.25. The van der Waals surface area contributed by atoms with Crippen LogP contribution >= 0.6 is 34.5 Å². The third-order valence-corrected chi connectivity index (χ3v) is 4.11. The molecule has 1 aromatic heterocycles. The largest absolute Gasteiger partial charge is 0.298 e. The van der Waals surface area contributed by atoms with E-state index < -0.39 is 0 Å². The molecule has 1 heterocycles. The van der Waals surface area contributed by atoms with E-state index >= 15 is 0 Å². The van der Waals surface area contributed by atoms with E-state index in [1.807, 2.05) is 13.8 Å². The molecular formula is C13H12Cl2N2OS. The highest BCUT2D eigenvalue weighted by atomic mass is 35.5. The number of halogens is 2. The number of nitrogens with one attached hydrogen (secondary N) is 1. The van der Waals surface area contributed by atoms with Gasteiger partial charge in [0.25, 0.3) is 5.91 Å². The van der Waals surface area contributed by atoms with Crippen molar-refractivity contribution in [2.24, 2.45) is 0 Å². The van der Waals surface area contributed by atoms with Crippen LogP contribution in [-0.4, -0.2) is 10.9 Å². The Morgan fingerprint density at radius 3 is 2.79 bits per heavy atom. The van der Waals surface area contributed by atoms with Crippen LogP contribution in [0.25, 0.3) is 0 Å². The summed E-state index contributed by atoms with van der Waals surface area (Å²) in [5.74, 6) is -0.302. The summed E-state index contributed by atoms with van der Waals surface area (Å²) in [7, 11) is 0. The normalized spacial score (nSPS) is 10.5. The molecule has 0 fully saturated rings. The number of hydrogen-bond acceptors (Lipinski definition) is 3. The molecule has 0 aliphatic rings. The van der Waals surface area contributed by atoms with Gasteiger partial charge in [0.05, 0.1) is 16.3 Å². The Bertz CT molecular complexity index is 625. The molecule has 1 aromatic carbocycles. The number of carbonyl (C=O) groups is 1. The summed E-state index contributed by atoms with van der Waals surface area (Å²) >= 11 is 13.3. The number of benzene rings is 1. The van der Waals surface area contributed by atoms with Crippen molar-refractivity contribution in [3.05, 3.63) is 44.4 Å². The molecule has 0 unspecified atom stereocenters. The number of aromatic nitrogens is 1. The van der Waals surface area contributed by atoms with Gasteiger partial charge in [-0.25, -0.2) is 4.98 Å². The maximum atomic E-state index is 12.1. The van der Waals surface area contributed by atoms with Gasteiger partial charge in [-0.15, -0.1) is 11.3 Å². The Morgan fingerprint density at radius 1 is 1.42 bits per heavy atom. The molecule has 6 heteroatoms. The van der Waals surface area contributed by atoms with Crippen LogP contribution in [0.2, 0.25) is 10.0 Å². The molecule has 0 radical (unpaired) electrons. The molecule has 100 valence electrons. The molecule has 0 aliphatic carbocycles. The smallest absolute Gasteiger partial charge is 0.259 e. The number of amides is 1. The first-order valence-corrected chi connectivity index (χ1v) is 7.31. The Balaban J connectivity index is 2.22. The first kappa shape index (κ1) is 14.3. The van der Waals surface area contributed by atoms with Crippen molar-refractivity contribution in [1.82, 2.24) is 4.98 Å². The van der Waals surface area contributed by atoms with E-state index in [0.29, 0.717) is 20.7 Å². The first-order chi connectivity index (χ1) is 9.01. The molecule has 0 atom stereocenters. The van der Waals surface area contributed by atoms with Crippen LogP contribution in [0.5, 0.6) is 0 Å². The van der Waals surface area contributed by atoms with E-state index in [2.05, 4.69) is 10.3 Å². The zero-order chi connectivity index (χ0) is 14.0. The quantitative estimate of drug-likeness (QED) is 0.901. The molecular weight excluding hydrogens is 303 g/mol. The monoisotopic (exact) mass is 314 g/mol. The third-order valence-electron chi connectivity index (χ3n) is 2.62. The highest BCUT2D eigenvalue weighted by molar-refractivity contribution is 7.15. The molecule has 0 saturated carbocycles. The van der Waals surface area contributed by atoms with Crippen LogP contribution in [0.4, 0.5) is 5.13 Å². The Labute approximate surface area is 125 Å². The van der Waals surface area contributed by atoms with Gasteiger partial charge in [0.15, 0.2) is 5.13 Å². The van der Waals surface area contributed by atoms with Crippen LogP contribution in [0.15, 0.2) is 18.2 Å². The van der Waals surface area contributed by atoms with Gasteiger partial charge in [-0.2, -0.15) is 0 Å². The van der Waals surface area contributed by atoms with Crippen molar-refractivity contribution in [3.8, 4) is 0 Å². The molecule has 0 saturated heterocycles. The average Bonchev–Trinajstić information content (AvgIpc) is 2.72. The second kappa shape index (κ2) is 5.90. The summed E-state index contributed by atoms with van der Waals surface area (Å²) in [6.45, 7) is 4.01. The number of aryl methyl sites for hydroxylation is 2. The maximum absolute atomic E-state index is 12.1. The van der Waals surface area contributed by atoms with E-state index in [9.17, 15) is 4.79 Å². The lowest BCUT2D eigenvalue weighted by atomic mass is 10.2. The topological polar surface area (TPSA) is 42.0 Å². The Morgan fingerprint density at radius 2 is 2.16 bits per heavy atom. The average molecular weight is 315 g/mol. The zero-order valence-corrected chi connectivity index (χ0v) is 12.8. The molecule has 19 heavy (non-hydrogen) atoms. The fourth-order valence-electron chi connectivity index (χ4n) is 1.65. The van der Waals surface area contributed by atoms with Crippen LogP contribution in [0.1, 0.15) is 27.9 Å². The SMILES string of the molecule is CCc1nc(NC(=O)c2cc(Cl)ccc2Cl)sc1C. The maximum Gasteiger partial charge on any atom is 0.259 e. The van der Waals surface area contributed by atoms with Crippen molar-refractivity contribution in [3.63, 3.8) is 0 Å². The van der Waals surface area contributed by atoms with E-state index in [-0.39, 0.29) is 5.91 Å². The van der Waals surface area contributed by atoms with Gasteiger partial charge in [0.2, 0.25) is 0 Å². The van der Waals surface area contributed by atoms with Gasteiger partial charge in [-0.1, -0.05) is 30.1 Å². The molecule has 0 spiro atoms. The van der Waals surface area contributed by atoms with Crippen LogP contribution in [0, 0.1) is 6.92 Å². The van der Waals surface area contributed by atoms with Crippen molar-refractivity contribution < 1.29 is 4.79 Å². The summed E-state index contributed by atoms with van der Waals surface area (Å²) in [6, 6.07) is 4.78. The van der Waals surface area contributed by atoms with Crippen LogP contribution in [-0.2, 0) is 6.42 Å². The minimum atomic E-state index is -0.302. The molecule has 3 nitrogen and oxygen atoms in total. The van der Waals surface area contributed by atoms with E-state index in [0.717, 1.165) is 17.0 Å². The fourth-order valence-corrected chi connectivity index (χ4v) is 2.92. The molecule has 0 aliphatic heterocycles. The van der Waals surface area contributed by atoms with Gasteiger partial charge in [-0.05, 0) is 31.5 Å². The molecule has 2 aromatic rings. The molecule has 0 bridgehead atoms. The molecule has 1 N–H and O–H groups in total. The van der Waals surface area contributed by atoms with Crippen molar-refractivity contribution >= 4 is 45.6 Å². The van der Waals surface area contributed by atoms with Gasteiger partial charge in [0.1, 0.15) is 0 Å². The summed E-state index contributed by atoms with van der Waals surface area (Å²) in [4.78, 5) is 17.6. The standard InChI is InChI=1S/C13H12Cl2N2OS/c1-3-11-7(2)19-13(16-11)17-12(18)9-6-8(14)4-5-10(9)15/h4-6H,3H2,1-2H3,(H,16,17,18). The minimum absolute atomic E-state index is 0.302. The van der Waals surface area contributed by atoms with Crippen molar-refractivity contribution in [2.45, 2.75) is 20.3 Å². The summed E-state index contributed by atoms with van der Waals surface area (Å²) < 4.78 is 0. The number of nitrogens with zero attached hydrogens (tertiary/aromatic N) is 1. The first-order valence-electron chi connectivity index (χ1n) is 5.74. The molecule has 1 amide bonds. The second-order valence-corrected chi connectivity index (χ2v) is 6.00. The van der Waals surface area contributed by atoms with Crippen molar-refractivity contribution in [1.29, 1.82) is 0 Å². The van der Waals surface area contributed by atoms with E-state index in [1.165, 1.54) is 11.3 Å². The van der Waals surface area contributed by atoms with E-state index in [4.69, 9.17) is 23.2 Å². The fraction of sp³-hybridized carbons (Fsp3) is 0.231. The molecule has 2 rings (SSSR count). The zero-order valence-electron chi connectivity index (χ0n) is 10.5. The van der Waals surface area contributed by atoms with Gasteiger partial charge < -0.3 is 0 Å². The Hall–Kier alpha value is -1.10. The van der Waals surface area contributed by atoms with Crippen LogP contribution in [0.3, 0.4) is 0 Å². The number of thiazole rings is 1. The van der Waals surface area contributed by atoms with Gasteiger partial charge in [0, 0.05) is 9.90 Å². The van der Waals surface area contributed by atoms with Gasteiger partial charge >= 0.3 is 0 Å². The van der Waals surface area contributed by atoms with Crippen LogP contribution < -0.4 is 5.32 Å². The summed E-state index contributed by atoms with van der Waals surface area (Å²) in [6.07, 6.45) is 0.843. The van der Waals surface area contributed by atoms with Crippen molar-refractivity contribution in [2.75, 3.05) is 5.32 Å². The number of carbonyl (C=O) groups excluding carboxylic acids is 1. The predicted molar refractivity (Wildman–Crippen MR) is 80.6 cm³/mol. The van der Waals surface area contributed by atoms with Gasteiger partial charge in [-0.3, -0.25) is 10.1 Å². The number of rotatable bonds is 3. The summed E-state index contributed by atoms with van der Waals surface area (Å²) in [5.41, 5.74) is 1.34. The second-order valence-electron chi connectivity index (χ2n) is 3.95. The highest BCUT2D eigenvalue weighted by Gasteiger charge is 2.14. The lowest BCUT2D eigenvalue weighted by Gasteiger charge is -2.04. The third kappa shape index (κ3) is 3.26. The summed E-state index contributed by atoms with van der Waals surface area (Å²) in [5, 5.41) is 4.16. The minimum Gasteiger partial charge on any atom is -0.298 e. The lowest BCUT2D eigenvalue weighted by Crippen LogP contribution is -2.12. The number of anilines is 1. The number of hydrogen-bond donors (Lipinski definition) is 1. The predicted octanol–water partition coefficient (Wildman–Crippen LogP) is 4.57. The Kier molecular flexibility index (Phi) is 4.45.